The summed E-state index contributed by atoms with van der Waals surface area (Å²) >= 11 is 0. The molecule has 0 aliphatic heterocycles. The van der Waals surface area contributed by atoms with E-state index in [1.54, 1.807) is 0 Å². The number of hydrogen-bond donors (Lipinski definition) is 0. The molecule has 2 radical (unpaired) electrons. The topological polar surface area (TPSA) is 27.7 Å². The van der Waals surface area contributed by atoms with E-state index < -0.39 is 9.53 Å². The molecule has 0 aliphatic carbocycles. The van der Waals surface area contributed by atoms with Crippen molar-refractivity contribution in [1.82, 2.24) is 0 Å². The summed E-state index contributed by atoms with van der Waals surface area (Å²) in [4.78, 5) is 0. The van der Waals surface area contributed by atoms with Gasteiger partial charge in [-0.1, -0.05) is 0 Å². The second-order valence-corrected chi connectivity index (χ2v) is 2.92. The molecule has 0 N–H and O–H groups in total. The van der Waals surface area contributed by atoms with Crippen LogP contribution in [0.1, 0.15) is 20.8 Å². The molecule has 5 heteroatoms. The molecule has 0 aliphatic rings. The third kappa shape index (κ3) is 8.63. The van der Waals surface area contributed by atoms with Crippen LogP contribution in [0.25, 0.3) is 0 Å². The number of hydrogen-bond acceptors (Lipinski definition) is 3. The zero-order valence-corrected chi connectivity index (χ0v) is 9.82. The zero-order chi connectivity index (χ0) is 7.82. The van der Waals surface area contributed by atoms with Gasteiger partial charge < -0.3 is 13.3 Å². The second-order valence-electron chi connectivity index (χ2n) is 1.55. The summed E-state index contributed by atoms with van der Waals surface area (Å²) in [6.07, 6.45) is 0. The second kappa shape index (κ2) is 10.7. The van der Waals surface area contributed by atoms with Crippen LogP contribution in [-0.2, 0) is 32.8 Å². The average Bonchev–Trinajstić information content (AvgIpc) is 1.90. The molecule has 11 heavy (non-hydrogen) atoms. The summed E-state index contributed by atoms with van der Waals surface area (Å²) in [5.74, 6) is 0. The van der Waals surface area contributed by atoms with E-state index in [2.05, 4.69) is 0 Å². The van der Waals surface area contributed by atoms with Gasteiger partial charge in [-0.2, -0.15) is 0 Å². The van der Waals surface area contributed by atoms with E-state index in [4.69, 9.17) is 13.3 Å². The van der Waals surface area contributed by atoms with Crippen LogP contribution in [0.15, 0.2) is 0 Å². The standard InChI is InChI=1S/C6H15O3Si.Rh/c1-4-7-10(8-5-2)9-6-3;/h4-6H2,1-3H3;. The minimum atomic E-state index is -1.40. The van der Waals surface area contributed by atoms with Crippen molar-refractivity contribution in [2.45, 2.75) is 20.8 Å². The van der Waals surface area contributed by atoms with Gasteiger partial charge in [0.1, 0.15) is 0 Å². The Kier molecular flexibility index (Phi) is 13.9. The van der Waals surface area contributed by atoms with Gasteiger partial charge in [-0.05, 0) is 20.8 Å². The van der Waals surface area contributed by atoms with Gasteiger partial charge in [0.2, 0.25) is 0 Å². The Morgan fingerprint density at radius 3 is 1.27 bits per heavy atom. The van der Waals surface area contributed by atoms with E-state index in [1.165, 1.54) is 0 Å². The van der Waals surface area contributed by atoms with Crippen molar-refractivity contribution in [3.05, 3.63) is 0 Å². The Bertz CT molecular complexity index is 60.6. The predicted molar refractivity (Wildman–Crippen MR) is 40.6 cm³/mol. The zero-order valence-electron chi connectivity index (χ0n) is 7.18. The molecule has 0 aromatic rings. The van der Waals surface area contributed by atoms with Crippen LogP contribution in [0.5, 0.6) is 0 Å². The smallest absolute Gasteiger partial charge is 0.371 e. The first kappa shape index (κ1) is 14.3. The molecule has 70 valence electrons. The molecule has 0 bridgehead atoms. The molecule has 0 heterocycles. The van der Waals surface area contributed by atoms with Gasteiger partial charge in [-0.25, -0.2) is 0 Å². The van der Waals surface area contributed by atoms with Gasteiger partial charge in [0.15, 0.2) is 0 Å². The Balaban J connectivity index is 0. The molecule has 0 unspecified atom stereocenters. The van der Waals surface area contributed by atoms with Crippen molar-refractivity contribution in [2.24, 2.45) is 0 Å². The molecular formula is C6H15O3RhSi. The largest absolute Gasteiger partial charge is 0.577 e. The predicted octanol–water partition coefficient (Wildman–Crippen LogP) is 1.08. The van der Waals surface area contributed by atoms with Gasteiger partial charge in [0.05, 0.1) is 0 Å². The Morgan fingerprint density at radius 1 is 0.818 bits per heavy atom. The number of rotatable bonds is 6. The fraction of sp³-hybridized carbons (Fsp3) is 1.00. The molecule has 0 saturated heterocycles. The maximum atomic E-state index is 5.18. The maximum Gasteiger partial charge on any atom is 0.577 e. The first-order valence-corrected chi connectivity index (χ1v) is 4.82. The van der Waals surface area contributed by atoms with Crippen molar-refractivity contribution in [1.29, 1.82) is 0 Å². The third-order valence-electron chi connectivity index (χ3n) is 0.787. The van der Waals surface area contributed by atoms with Crippen molar-refractivity contribution < 1.29 is 32.8 Å². The summed E-state index contributed by atoms with van der Waals surface area (Å²) in [6, 6.07) is 0. The summed E-state index contributed by atoms with van der Waals surface area (Å²) in [5, 5.41) is 0. The Hall–Kier alpha value is 0.720. The Morgan fingerprint density at radius 2 is 1.09 bits per heavy atom. The minimum Gasteiger partial charge on any atom is -0.371 e. The van der Waals surface area contributed by atoms with Crippen LogP contribution < -0.4 is 0 Å². The molecule has 0 saturated carbocycles. The normalized spacial score (nSPS) is 9.82. The van der Waals surface area contributed by atoms with Gasteiger partial charge in [-0.15, -0.1) is 0 Å². The van der Waals surface area contributed by atoms with E-state index in [0.717, 1.165) is 0 Å². The summed E-state index contributed by atoms with van der Waals surface area (Å²) in [7, 11) is -1.40. The van der Waals surface area contributed by atoms with Gasteiger partial charge in [0.25, 0.3) is 0 Å². The third-order valence-corrected chi connectivity index (χ3v) is 2.36. The maximum absolute atomic E-state index is 5.18. The van der Waals surface area contributed by atoms with Gasteiger partial charge in [0, 0.05) is 39.3 Å². The fourth-order valence-electron chi connectivity index (χ4n) is 0.479. The van der Waals surface area contributed by atoms with Gasteiger partial charge in [-0.3, -0.25) is 0 Å². The van der Waals surface area contributed by atoms with Gasteiger partial charge >= 0.3 is 9.53 Å². The Labute approximate surface area is 83.1 Å². The van der Waals surface area contributed by atoms with Crippen LogP contribution in [0.4, 0.5) is 0 Å². The molecule has 0 atom stereocenters. The SMILES string of the molecule is CCO[Si](OCC)OCC.[Rh]. The first-order chi connectivity index (χ1) is 4.85. The van der Waals surface area contributed by atoms with Crippen molar-refractivity contribution in [2.75, 3.05) is 19.8 Å². The first-order valence-electron chi connectivity index (χ1n) is 3.60. The van der Waals surface area contributed by atoms with Crippen molar-refractivity contribution in [3.8, 4) is 0 Å². The van der Waals surface area contributed by atoms with Crippen LogP contribution in [0.3, 0.4) is 0 Å². The van der Waals surface area contributed by atoms with Crippen LogP contribution >= 0.6 is 0 Å². The molecule has 0 spiro atoms. The molecule has 0 aromatic heterocycles. The molecule has 0 aromatic carbocycles. The average molecular weight is 266 g/mol. The molecular weight excluding hydrogens is 251 g/mol. The molecule has 0 amide bonds. The van der Waals surface area contributed by atoms with E-state index in [1.807, 2.05) is 20.8 Å². The summed E-state index contributed by atoms with van der Waals surface area (Å²) in [6.45, 7) is 7.78. The van der Waals surface area contributed by atoms with Crippen LogP contribution in [-0.4, -0.2) is 29.3 Å². The fourth-order valence-corrected chi connectivity index (χ4v) is 1.44. The summed E-state index contributed by atoms with van der Waals surface area (Å²) < 4.78 is 15.5. The van der Waals surface area contributed by atoms with Crippen molar-refractivity contribution in [3.63, 3.8) is 0 Å². The van der Waals surface area contributed by atoms with E-state index in [9.17, 15) is 0 Å². The summed E-state index contributed by atoms with van der Waals surface area (Å²) in [5.41, 5.74) is 0. The molecule has 3 nitrogen and oxygen atoms in total. The van der Waals surface area contributed by atoms with E-state index in [-0.39, 0.29) is 19.5 Å². The van der Waals surface area contributed by atoms with Crippen molar-refractivity contribution >= 4 is 9.53 Å². The molecule has 0 fully saturated rings. The molecule has 0 rings (SSSR count). The quantitative estimate of drug-likeness (QED) is 0.673. The van der Waals surface area contributed by atoms with Crippen LogP contribution in [0.2, 0.25) is 0 Å². The van der Waals surface area contributed by atoms with Crippen LogP contribution in [0, 0.1) is 0 Å². The minimum absolute atomic E-state index is 0. The van der Waals surface area contributed by atoms with E-state index in [0.29, 0.717) is 19.8 Å². The monoisotopic (exact) mass is 266 g/mol. The van der Waals surface area contributed by atoms with E-state index >= 15 is 0 Å².